The number of aliphatic hydroxyl groups is 1. The second-order valence-electron chi connectivity index (χ2n) is 6.24. The maximum atomic E-state index is 10.1. The Morgan fingerprint density at radius 2 is 1.91 bits per heavy atom. The standard InChI is InChI=1S/C20H20N2O/c23-14-20(11-10-15-5-1-2-9-18(15)20)22-13-17-7-3-6-16-8-4-12-21-19(16)17/h1-9,12,22-23H,10-11,13-14H2. The Morgan fingerprint density at radius 1 is 1.04 bits per heavy atom. The number of para-hydroxylation sites is 1. The van der Waals surface area contributed by atoms with Crippen molar-refractivity contribution in [3.8, 4) is 0 Å². The van der Waals surface area contributed by atoms with Crippen LogP contribution in [0.1, 0.15) is 23.1 Å². The first kappa shape index (κ1) is 14.4. The zero-order chi connectivity index (χ0) is 15.7. The number of hydrogen-bond donors (Lipinski definition) is 2. The number of hydrogen-bond acceptors (Lipinski definition) is 3. The zero-order valence-corrected chi connectivity index (χ0v) is 13.0. The average molecular weight is 304 g/mol. The molecule has 0 saturated carbocycles. The van der Waals surface area contributed by atoms with Crippen molar-refractivity contribution in [2.75, 3.05) is 6.61 Å². The van der Waals surface area contributed by atoms with Gasteiger partial charge in [0.2, 0.25) is 0 Å². The van der Waals surface area contributed by atoms with Crippen molar-refractivity contribution in [2.45, 2.75) is 24.9 Å². The van der Waals surface area contributed by atoms with E-state index < -0.39 is 0 Å². The van der Waals surface area contributed by atoms with Gasteiger partial charge in [0, 0.05) is 18.1 Å². The van der Waals surface area contributed by atoms with Crippen LogP contribution in [0.5, 0.6) is 0 Å². The highest BCUT2D eigenvalue weighted by molar-refractivity contribution is 5.81. The van der Waals surface area contributed by atoms with Crippen LogP contribution in [0.15, 0.2) is 60.8 Å². The molecule has 3 nitrogen and oxygen atoms in total. The molecule has 1 atom stereocenters. The van der Waals surface area contributed by atoms with E-state index in [1.165, 1.54) is 16.7 Å². The van der Waals surface area contributed by atoms with Crippen molar-refractivity contribution in [1.29, 1.82) is 0 Å². The molecule has 116 valence electrons. The number of pyridine rings is 1. The molecule has 0 bridgehead atoms. The van der Waals surface area contributed by atoms with Gasteiger partial charge in [0.1, 0.15) is 0 Å². The van der Waals surface area contributed by atoms with Gasteiger partial charge in [-0.25, -0.2) is 0 Å². The molecule has 1 heterocycles. The molecule has 2 N–H and O–H groups in total. The van der Waals surface area contributed by atoms with E-state index in [-0.39, 0.29) is 12.1 Å². The summed E-state index contributed by atoms with van der Waals surface area (Å²) in [6.07, 6.45) is 3.77. The minimum Gasteiger partial charge on any atom is -0.394 e. The molecule has 1 aliphatic carbocycles. The predicted octanol–water partition coefficient (Wildman–Crippen LogP) is 3.16. The minimum absolute atomic E-state index is 0.113. The lowest BCUT2D eigenvalue weighted by atomic mass is 9.92. The first-order valence-electron chi connectivity index (χ1n) is 8.09. The minimum atomic E-state index is -0.340. The van der Waals surface area contributed by atoms with Gasteiger partial charge in [-0.05, 0) is 35.6 Å². The molecule has 0 saturated heterocycles. The summed E-state index contributed by atoms with van der Waals surface area (Å²) in [5.74, 6) is 0. The van der Waals surface area contributed by atoms with Crippen molar-refractivity contribution in [3.05, 3.63) is 77.5 Å². The predicted molar refractivity (Wildman–Crippen MR) is 92.1 cm³/mol. The fraction of sp³-hybridized carbons (Fsp3) is 0.250. The van der Waals surface area contributed by atoms with E-state index in [9.17, 15) is 5.11 Å². The van der Waals surface area contributed by atoms with E-state index >= 15 is 0 Å². The van der Waals surface area contributed by atoms with E-state index in [4.69, 9.17) is 0 Å². The number of aromatic nitrogens is 1. The Labute approximate surface area is 136 Å². The van der Waals surface area contributed by atoms with Crippen LogP contribution in [0.25, 0.3) is 10.9 Å². The molecule has 3 aromatic rings. The van der Waals surface area contributed by atoms with Gasteiger partial charge in [0.05, 0.1) is 17.7 Å². The third-order valence-corrected chi connectivity index (χ3v) is 4.96. The van der Waals surface area contributed by atoms with Crippen LogP contribution in [-0.4, -0.2) is 16.7 Å². The number of fused-ring (bicyclic) bond motifs is 2. The Balaban J connectivity index is 1.65. The quantitative estimate of drug-likeness (QED) is 0.778. The molecule has 4 rings (SSSR count). The van der Waals surface area contributed by atoms with Crippen molar-refractivity contribution in [3.63, 3.8) is 0 Å². The first-order valence-corrected chi connectivity index (χ1v) is 8.09. The van der Waals surface area contributed by atoms with Gasteiger partial charge >= 0.3 is 0 Å². The molecule has 0 radical (unpaired) electrons. The monoisotopic (exact) mass is 304 g/mol. The molecule has 2 aromatic carbocycles. The van der Waals surface area contributed by atoms with E-state index in [0.29, 0.717) is 6.54 Å². The molecule has 0 fully saturated rings. The summed E-state index contributed by atoms with van der Waals surface area (Å²) in [6.45, 7) is 0.811. The summed E-state index contributed by atoms with van der Waals surface area (Å²) in [7, 11) is 0. The van der Waals surface area contributed by atoms with Gasteiger partial charge in [0.25, 0.3) is 0 Å². The molecule has 1 aromatic heterocycles. The van der Waals surface area contributed by atoms with Crippen LogP contribution >= 0.6 is 0 Å². The highest BCUT2D eigenvalue weighted by Crippen LogP contribution is 2.36. The molecule has 1 aliphatic rings. The van der Waals surface area contributed by atoms with E-state index in [2.05, 4.69) is 58.8 Å². The Hall–Kier alpha value is -2.23. The fourth-order valence-corrected chi connectivity index (χ4v) is 3.67. The normalized spacial score (nSPS) is 19.9. The SMILES string of the molecule is OCC1(NCc2cccc3cccnc23)CCc2ccccc21. The van der Waals surface area contributed by atoms with Crippen molar-refractivity contribution in [1.82, 2.24) is 10.3 Å². The first-order chi connectivity index (χ1) is 11.3. The maximum Gasteiger partial charge on any atom is 0.0746 e. The lowest BCUT2D eigenvalue weighted by Gasteiger charge is -2.30. The summed E-state index contributed by atoms with van der Waals surface area (Å²) in [5.41, 5.74) is 4.43. The summed E-state index contributed by atoms with van der Waals surface area (Å²) >= 11 is 0. The van der Waals surface area contributed by atoms with Gasteiger partial charge in [-0.3, -0.25) is 4.98 Å². The summed E-state index contributed by atoms with van der Waals surface area (Å²) < 4.78 is 0. The van der Waals surface area contributed by atoms with Crippen molar-refractivity contribution in [2.24, 2.45) is 0 Å². The number of benzene rings is 2. The molecule has 0 aliphatic heterocycles. The van der Waals surface area contributed by atoms with Crippen molar-refractivity contribution >= 4 is 10.9 Å². The number of rotatable bonds is 4. The molecule has 3 heteroatoms. The zero-order valence-electron chi connectivity index (χ0n) is 13.0. The van der Waals surface area contributed by atoms with Crippen LogP contribution in [-0.2, 0) is 18.5 Å². The summed E-state index contributed by atoms with van der Waals surface area (Å²) in [6, 6.07) is 18.7. The molecule has 23 heavy (non-hydrogen) atoms. The molecular weight excluding hydrogens is 284 g/mol. The smallest absolute Gasteiger partial charge is 0.0746 e. The highest BCUT2D eigenvalue weighted by atomic mass is 16.3. The van der Waals surface area contributed by atoms with Crippen LogP contribution in [0.2, 0.25) is 0 Å². The third-order valence-electron chi connectivity index (χ3n) is 4.96. The highest BCUT2D eigenvalue weighted by Gasteiger charge is 2.37. The van der Waals surface area contributed by atoms with Crippen LogP contribution in [0.4, 0.5) is 0 Å². The van der Waals surface area contributed by atoms with E-state index in [0.717, 1.165) is 23.7 Å². The van der Waals surface area contributed by atoms with E-state index in [1.807, 2.05) is 12.3 Å². The maximum absolute atomic E-state index is 10.1. The van der Waals surface area contributed by atoms with Crippen LogP contribution in [0.3, 0.4) is 0 Å². The third kappa shape index (κ3) is 2.42. The second kappa shape index (κ2) is 5.76. The van der Waals surface area contributed by atoms with Gasteiger partial charge in [-0.2, -0.15) is 0 Å². The number of aryl methyl sites for hydroxylation is 1. The Bertz CT molecular complexity index is 840. The Kier molecular flexibility index (Phi) is 3.60. The second-order valence-corrected chi connectivity index (χ2v) is 6.24. The van der Waals surface area contributed by atoms with Crippen LogP contribution < -0.4 is 5.32 Å². The van der Waals surface area contributed by atoms with E-state index in [1.54, 1.807) is 0 Å². The van der Waals surface area contributed by atoms with Gasteiger partial charge in [0.15, 0.2) is 0 Å². The summed E-state index contributed by atoms with van der Waals surface area (Å²) in [5, 5.41) is 14.8. The average Bonchev–Trinajstić information content (AvgIpc) is 2.99. The topological polar surface area (TPSA) is 45.1 Å². The molecule has 0 spiro atoms. The Morgan fingerprint density at radius 3 is 2.83 bits per heavy atom. The number of nitrogens with zero attached hydrogens (tertiary/aromatic N) is 1. The van der Waals surface area contributed by atoms with Gasteiger partial charge in [-0.1, -0.05) is 48.5 Å². The molecule has 0 amide bonds. The number of nitrogens with one attached hydrogen (secondary N) is 1. The fourth-order valence-electron chi connectivity index (χ4n) is 3.67. The van der Waals surface area contributed by atoms with Gasteiger partial charge in [-0.15, -0.1) is 0 Å². The largest absolute Gasteiger partial charge is 0.394 e. The van der Waals surface area contributed by atoms with Crippen molar-refractivity contribution < 1.29 is 5.11 Å². The lowest BCUT2D eigenvalue weighted by Crippen LogP contribution is -2.43. The lowest BCUT2D eigenvalue weighted by molar-refractivity contribution is 0.159. The van der Waals surface area contributed by atoms with Gasteiger partial charge < -0.3 is 10.4 Å². The van der Waals surface area contributed by atoms with Crippen LogP contribution in [0, 0.1) is 0 Å². The number of aliphatic hydroxyl groups excluding tert-OH is 1. The molecular formula is C20H20N2O. The summed E-state index contributed by atoms with van der Waals surface area (Å²) in [4.78, 5) is 4.52. The molecule has 1 unspecified atom stereocenters.